The number of aromatic nitrogens is 1. The van der Waals surface area contributed by atoms with Gasteiger partial charge in [-0.1, -0.05) is 52.2 Å². The van der Waals surface area contributed by atoms with Crippen LogP contribution in [-0.2, 0) is 19.1 Å². The molecule has 1 fully saturated rings. The fourth-order valence-electron chi connectivity index (χ4n) is 5.37. The molecule has 0 bridgehead atoms. The standard InChI is InChI=1S/C29H46N4O6S/c1-8-14-33(23(18(4)5)16-24(39-19(6)34)27-30-21(17-40-27)29(37)38)28(36)25(20(9-2)10-3)31-26(35)22-13-11-12-15-32(22)7/h17,20,22-25H,4,8-16H2,1-3,5-7H3,(H,31,35)(H,37,38)/t22-,23-,24-,25+/m1/s1. The Kier molecular flexibility index (Phi) is 13.2. The van der Waals surface area contributed by atoms with Crippen molar-refractivity contribution >= 4 is 35.1 Å². The summed E-state index contributed by atoms with van der Waals surface area (Å²) in [5, 5.41) is 14.2. The summed E-state index contributed by atoms with van der Waals surface area (Å²) in [6.45, 7) is 14.5. The Hall–Kier alpha value is -2.79. The quantitative estimate of drug-likeness (QED) is 0.231. The molecule has 2 rings (SSSR count). The molecule has 11 heteroatoms. The average Bonchev–Trinajstić information content (AvgIpc) is 3.40. The minimum Gasteiger partial charge on any atom is -0.476 e. The van der Waals surface area contributed by atoms with Crippen LogP contribution in [0.25, 0.3) is 0 Å². The first-order chi connectivity index (χ1) is 18.9. The number of hydrogen-bond acceptors (Lipinski definition) is 8. The number of piperidine rings is 1. The van der Waals surface area contributed by atoms with Gasteiger partial charge in [-0.05, 0) is 45.7 Å². The summed E-state index contributed by atoms with van der Waals surface area (Å²) in [5.41, 5.74) is 0.560. The third kappa shape index (κ3) is 8.86. The van der Waals surface area contributed by atoms with Gasteiger partial charge in [0.05, 0.1) is 12.1 Å². The molecule has 40 heavy (non-hydrogen) atoms. The van der Waals surface area contributed by atoms with Crippen molar-refractivity contribution in [1.82, 2.24) is 20.1 Å². The van der Waals surface area contributed by atoms with Gasteiger partial charge in [-0.2, -0.15) is 0 Å². The first-order valence-corrected chi connectivity index (χ1v) is 15.1. The van der Waals surface area contributed by atoms with Crippen molar-refractivity contribution in [3.05, 3.63) is 28.2 Å². The third-order valence-electron chi connectivity index (χ3n) is 7.61. The van der Waals surface area contributed by atoms with Crippen molar-refractivity contribution in [2.75, 3.05) is 20.1 Å². The zero-order chi connectivity index (χ0) is 30.0. The molecule has 0 unspecified atom stereocenters. The number of amides is 2. The van der Waals surface area contributed by atoms with Gasteiger partial charge in [-0.15, -0.1) is 11.3 Å². The molecule has 0 spiro atoms. The molecule has 0 radical (unpaired) electrons. The van der Waals surface area contributed by atoms with E-state index in [-0.39, 0.29) is 35.9 Å². The number of ether oxygens (including phenoxy) is 1. The highest BCUT2D eigenvalue weighted by Gasteiger charge is 2.38. The number of nitrogens with zero attached hydrogens (tertiary/aromatic N) is 3. The Morgan fingerprint density at radius 3 is 2.40 bits per heavy atom. The van der Waals surface area contributed by atoms with Gasteiger partial charge in [0.15, 0.2) is 11.8 Å². The molecule has 2 amide bonds. The highest BCUT2D eigenvalue weighted by atomic mass is 32.1. The number of esters is 1. The predicted molar refractivity (Wildman–Crippen MR) is 155 cm³/mol. The zero-order valence-corrected chi connectivity index (χ0v) is 25.6. The lowest BCUT2D eigenvalue weighted by atomic mass is 9.90. The van der Waals surface area contributed by atoms with Crippen LogP contribution in [0.5, 0.6) is 0 Å². The predicted octanol–water partition coefficient (Wildman–Crippen LogP) is 4.42. The number of thiazole rings is 1. The molecule has 2 heterocycles. The maximum absolute atomic E-state index is 14.3. The smallest absolute Gasteiger partial charge is 0.355 e. The van der Waals surface area contributed by atoms with Gasteiger partial charge in [0.25, 0.3) is 0 Å². The van der Waals surface area contributed by atoms with Crippen LogP contribution in [0.2, 0.25) is 0 Å². The van der Waals surface area contributed by atoms with E-state index in [2.05, 4.69) is 21.8 Å². The van der Waals surface area contributed by atoms with Gasteiger partial charge >= 0.3 is 11.9 Å². The van der Waals surface area contributed by atoms with E-state index in [1.54, 1.807) is 4.90 Å². The van der Waals surface area contributed by atoms with Gasteiger partial charge < -0.3 is 20.1 Å². The van der Waals surface area contributed by atoms with Gasteiger partial charge in [-0.3, -0.25) is 19.3 Å². The number of carbonyl (C=O) groups excluding carboxylic acids is 3. The van der Waals surface area contributed by atoms with E-state index in [4.69, 9.17) is 4.74 Å². The van der Waals surface area contributed by atoms with Crippen molar-refractivity contribution in [3.8, 4) is 0 Å². The minimum atomic E-state index is -1.17. The highest BCUT2D eigenvalue weighted by molar-refractivity contribution is 7.09. The number of nitrogens with one attached hydrogen (secondary N) is 1. The maximum Gasteiger partial charge on any atom is 0.355 e. The topological polar surface area (TPSA) is 129 Å². The van der Waals surface area contributed by atoms with E-state index in [9.17, 15) is 24.3 Å². The molecule has 1 aliphatic heterocycles. The lowest BCUT2D eigenvalue weighted by molar-refractivity contribution is -0.148. The van der Waals surface area contributed by atoms with Crippen LogP contribution in [-0.4, -0.2) is 81.9 Å². The van der Waals surface area contributed by atoms with Gasteiger partial charge in [-0.25, -0.2) is 9.78 Å². The van der Waals surface area contributed by atoms with Crippen LogP contribution in [0.15, 0.2) is 17.5 Å². The molecular formula is C29H46N4O6S. The second kappa shape index (κ2) is 15.9. The number of carboxylic acids is 1. The van der Waals surface area contributed by atoms with Crippen LogP contribution in [0.3, 0.4) is 0 Å². The molecule has 0 aliphatic carbocycles. The Labute approximate surface area is 242 Å². The number of rotatable bonds is 15. The summed E-state index contributed by atoms with van der Waals surface area (Å²) in [7, 11) is 1.95. The van der Waals surface area contributed by atoms with E-state index in [0.29, 0.717) is 23.5 Å². The number of likely N-dealkylation sites (tertiary alicyclic amines) is 1. The summed E-state index contributed by atoms with van der Waals surface area (Å²) in [6, 6.07) is -1.51. The lowest BCUT2D eigenvalue weighted by Gasteiger charge is -2.39. The molecule has 0 saturated carbocycles. The first kappa shape index (κ1) is 33.4. The molecule has 10 nitrogen and oxygen atoms in total. The van der Waals surface area contributed by atoms with Crippen molar-refractivity contribution < 1.29 is 29.0 Å². The van der Waals surface area contributed by atoms with Crippen LogP contribution in [0.4, 0.5) is 0 Å². The van der Waals surface area contributed by atoms with E-state index in [0.717, 1.165) is 50.0 Å². The zero-order valence-electron chi connectivity index (χ0n) is 24.8. The number of carbonyl (C=O) groups is 4. The number of likely N-dealkylation sites (N-methyl/N-ethyl adjacent to an activating group) is 1. The van der Waals surface area contributed by atoms with Gasteiger partial charge in [0.1, 0.15) is 11.0 Å². The second-order valence-electron chi connectivity index (χ2n) is 10.7. The van der Waals surface area contributed by atoms with E-state index >= 15 is 0 Å². The molecule has 1 saturated heterocycles. The Balaban J connectivity index is 2.43. The summed E-state index contributed by atoms with van der Waals surface area (Å²) >= 11 is 1.09. The SMILES string of the molecule is C=C(C)[C@@H](C[C@@H](OC(C)=O)c1nc(C(=O)O)cs1)N(CCC)C(=O)[C@@H](NC(=O)[C@H]1CCCCN1C)C(CC)CC. The summed E-state index contributed by atoms with van der Waals surface area (Å²) < 4.78 is 5.59. The molecule has 0 aromatic carbocycles. The first-order valence-electron chi connectivity index (χ1n) is 14.3. The minimum absolute atomic E-state index is 0.0585. The third-order valence-corrected chi connectivity index (χ3v) is 8.55. The summed E-state index contributed by atoms with van der Waals surface area (Å²) in [6.07, 6.45) is 4.21. The summed E-state index contributed by atoms with van der Waals surface area (Å²) in [4.78, 5) is 59.1. The monoisotopic (exact) mass is 578 g/mol. The maximum atomic E-state index is 14.3. The van der Waals surface area contributed by atoms with Crippen molar-refractivity contribution in [3.63, 3.8) is 0 Å². The van der Waals surface area contributed by atoms with Crippen LogP contribution < -0.4 is 5.32 Å². The van der Waals surface area contributed by atoms with E-state index in [1.165, 1.54) is 12.3 Å². The molecule has 1 aromatic heterocycles. The van der Waals surface area contributed by atoms with Gasteiger partial charge in [0, 0.05) is 25.3 Å². The number of carboxylic acid groups (broad SMARTS) is 1. The van der Waals surface area contributed by atoms with Crippen molar-refractivity contribution in [2.45, 2.75) is 104 Å². The number of aromatic carboxylic acids is 1. The molecule has 2 N–H and O–H groups in total. The Morgan fingerprint density at radius 1 is 1.23 bits per heavy atom. The highest BCUT2D eigenvalue weighted by Crippen LogP contribution is 2.31. The molecular weight excluding hydrogens is 532 g/mol. The van der Waals surface area contributed by atoms with Crippen LogP contribution >= 0.6 is 11.3 Å². The molecule has 224 valence electrons. The fraction of sp³-hybridized carbons (Fsp3) is 0.690. The average molecular weight is 579 g/mol. The second-order valence-corrected chi connectivity index (χ2v) is 11.5. The van der Waals surface area contributed by atoms with E-state index in [1.807, 2.05) is 34.7 Å². The molecule has 4 atom stereocenters. The molecule has 1 aliphatic rings. The normalized spacial score (nSPS) is 18.0. The Morgan fingerprint density at radius 2 is 1.90 bits per heavy atom. The largest absolute Gasteiger partial charge is 0.476 e. The summed E-state index contributed by atoms with van der Waals surface area (Å²) in [5.74, 6) is -2.09. The Bertz CT molecular complexity index is 1040. The fourth-order valence-corrected chi connectivity index (χ4v) is 6.20. The number of hydrogen-bond donors (Lipinski definition) is 2. The van der Waals surface area contributed by atoms with Crippen LogP contribution in [0.1, 0.15) is 101 Å². The molecule has 1 aromatic rings. The van der Waals surface area contributed by atoms with Gasteiger partial charge in [0.2, 0.25) is 11.8 Å². The lowest BCUT2D eigenvalue weighted by Crippen LogP contribution is -2.58. The van der Waals surface area contributed by atoms with Crippen molar-refractivity contribution in [1.29, 1.82) is 0 Å². The van der Waals surface area contributed by atoms with Crippen molar-refractivity contribution in [2.24, 2.45) is 5.92 Å². The van der Waals surface area contributed by atoms with E-state index < -0.39 is 30.1 Å². The van der Waals surface area contributed by atoms with Crippen LogP contribution in [0, 0.1) is 5.92 Å².